The number of hydrogen-bond donors (Lipinski definition) is 3. The minimum absolute atomic E-state index is 0.000164. The highest BCUT2D eigenvalue weighted by Gasteiger charge is 2.27. The summed E-state index contributed by atoms with van der Waals surface area (Å²) in [7, 11) is 0. The SMILES string of the molecule is OC1CC(CNC2CCNCC2)C1. The van der Waals surface area contributed by atoms with Gasteiger partial charge in [0.2, 0.25) is 0 Å². The molecule has 1 aliphatic carbocycles. The number of nitrogens with one attached hydrogen (secondary N) is 2. The van der Waals surface area contributed by atoms with Gasteiger partial charge >= 0.3 is 0 Å². The molecule has 3 N–H and O–H groups in total. The lowest BCUT2D eigenvalue weighted by Gasteiger charge is -2.33. The first-order chi connectivity index (χ1) is 6.34. The van der Waals surface area contributed by atoms with Crippen LogP contribution in [0.5, 0.6) is 0 Å². The van der Waals surface area contributed by atoms with Crippen molar-refractivity contribution in [2.45, 2.75) is 37.8 Å². The van der Waals surface area contributed by atoms with Gasteiger partial charge in [0.05, 0.1) is 6.10 Å². The molecule has 3 heteroatoms. The molecule has 0 bridgehead atoms. The van der Waals surface area contributed by atoms with E-state index in [2.05, 4.69) is 10.6 Å². The van der Waals surface area contributed by atoms with Crippen LogP contribution in [0.3, 0.4) is 0 Å². The van der Waals surface area contributed by atoms with Gasteiger partial charge in [-0.15, -0.1) is 0 Å². The van der Waals surface area contributed by atoms with Crippen LogP contribution in [-0.2, 0) is 0 Å². The first kappa shape index (κ1) is 9.44. The van der Waals surface area contributed by atoms with Crippen molar-refractivity contribution in [1.29, 1.82) is 0 Å². The molecule has 0 unspecified atom stereocenters. The lowest BCUT2D eigenvalue weighted by Crippen LogP contribution is -2.44. The number of aliphatic hydroxyl groups is 1. The lowest BCUT2D eigenvalue weighted by atomic mass is 9.82. The van der Waals surface area contributed by atoms with Crippen LogP contribution in [0.25, 0.3) is 0 Å². The third-order valence-electron chi connectivity index (χ3n) is 3.25. The van der Waals surface area contributed by atoms with Gasteiger partial charge in [0.15, 0.2) is 0 Å². The zero-order valence-electron chi connectivity index (χ0n) is 8.13. The van der Waals surface area contributed by atoms with Crippen molar-refractivity contribution in [3.63, 3.8) is 0 Å². The summed E-state index contributed by atoms with van der Waals surface area (Å²) in [6, 6.07) is 0.721. The molecule has 3 nitrogen and oxygen atoms in total. The van der Waals surface area contributed by atoms with Gasteiger partial charge in [-0.1, -0.05) is 0 Å². The Balaban J connectivity index is 1.56. The van der Waals surface area contributed by atoms with Gasteiger partial charge < -0.3 is 15.7 Å². The van der Waals surface area contributed by atoms with Crippen LogP contribution in [0.4, 0.5) is 0 Å². The highest BCUT2D eigenvalue weighted by Crippen LogP contribution is 2.26. The van der Waals surface area contributed by atoms with Crippen molar-refractivity contribution in [2.24, 2.45) is 5.92 Å². The minimum Gasteiger partial charge on any atom is -0.393 e. The van der Waals surface area contributed by atoms with Gasteiger partial charge in [-0.3, -0.25) is 0 Å². The number of aliphatic hydroxyl groups excluding tert-OH is 1. The largest absolute Gasteiger partial charge is 0.393 e. The first-order valence-corrected chi connectivity index (χ1v) is 5.47. The molecule has 1 saturated carbocycles. The molecule has 1 aliphatic heterocycles. The van der Waals surface area contributed by atoms with Crippen molar-refractivity contribution in [3.05, 3.63) is 0 Å². The van der Waals surface area contributed by atoms with Crippen molar-refractivity contribution >= 4 is 0 Å². The van der Waals surface area contributed by atoms with Gasteiger partial charge in [0, 0.05) is 6.04 Å². The third kappa shape index (κ3) is 2.66. The van der Waals surface area contributed by atoms with Crippen LogP contribution in [0.15, 0.2) is 0 Å². The van der Waals surface area contributed by atoms with Gasteiger partial charge in [-0.05, 0) is 51.2 Å². The Morgan fingerprint density at radius 3 is 2.54 bits per heavy atom. The fraction of sp³-hybridized carbons (Fsp3) is 1.00. The average molecular weight is 184 g/mol. The van der Waals surface area contributed by atoms with Gasteiger partial charge in [-0.2, -0.15) is 0 Å². The second-order valence-electron chi connectivity index (χ2n) is 4.42. The minimum atomic E-state index is -0.000164. The van der Waals surface area contributed by atoms with Crippen LogP contribution in [0.2, 0.25) is 0 Å². The Labute approximate surface area is 79.9 Å². The van der Waals surface area contributed by atoms with E-state index in [1.807, 2.05) is 0 Å². The summed E-state index contributed by atoms with van der Waals surface area (Å²) in [5, 5.41) is 16.1. The van der Waals surface area contributed by atoms with Crippen LogP contribution in [0.1, 0.15) is 25.7 Å². The normalized spacial score (nSPS) is 35.8. The lowest BCUT2D eigenvalue weighted by molar-refractivity contribution is 0.0413. The van der Waals surface area contributed by atoms with Gasteiger partial charge in [-0.25, -0.2) is 0 Å². The van der Waals surface area contributed by atoms with Crippen molar-refractivity contribution in [2.75, 3.05) is 19.6 Å². The second kappa shape index (κ2) is 4.40. The molecule has 0 amide bonds. The van der Waals surface area contributed by atoms with Crippen LogP contribution in [-0.4, -0.2) is 36.9 Å². The topological polar surface area (TPSA) is 44.3 Å². The standard InChI is InChI=1S/C10H20N2O/c13-10-5-8(6-10)7-12-9-1-3-11-4-2-9/h8-13H,1-7H2. The van der Waals surface area contributed by atoms with E-state index in [4.69, 9.17) is 5.11 Å². The maximum atomic E-state index is 9.12. The molecular weight excluding hydrogens is 164 g/mol. The van der Waals surface area contributed by atoms with E-state index in [0.29, 0.717) is 0 Å². The van der Waals surface area contributed by atoms with Crippen molar-refractivity contribution in [3.8, 4) is 0 Å². The number of rotatable bonds is 3. The van der Waals surface area contributed by atoms with Crippen LogP contribution < -0.4 is 10.6 Å². The second-order valence-corrected chi connectivity index (χ2v) is 4.42. The molecule has 1 heterocycles. The number of hydrogen-bond acceptors (Lipinski definition) is 3. The van der Waals surface area contributed by atoms with E-state index in [0.717, 1.165) is 44.4 Å². The average Bonchev–Trinajstić information content (AvgIpc) is 2.12. The summed E-state index contributed by atoms with van der Waals surface area (Å²) in [6.45, 7) is 3.43. The Kier molecular flexibility index (Phi) is 3.19. The van der Waals surface area contributed by atoms with Crippen molar-refractivity contribution < 1.29 is 5.11 Å². The van der Waals surface area contributed by atoms with E-state index < -0.39 is 0 Å². The molecule has 13 heavy (non-hydrogen) atoms. The van der Waals surface area contributed by atoms with E-state index in [1.54, 1.807) is 0 Å². The summed E-state index contributed by atoms with van der Waals surface area (Å²) in [5.41, 5.74) is 0. The smallest absolute Gasteiger partial charge is 0.0546 e. The molecule has 0 aromatic rings. The summed E-state index contributed by atoms with van der Waals surface area (Å²) in [6.07, 6.45) is 4.54. The molecular formula is C10H20N2O. The zero-order valence-corrected chi connectivity index (χ0v) is 8.13. The summed E-state index contributed by atoms with van der Waals surface area (Å²) < 4.78 is 0. The Bertz CT molecular complexity index is 151. The quantitative estimate of drug-likeness (QED) is 0.583. The molecule has 0 atom stereocenters. The fourth-order valence-electron chi connectivity index (χ4n) is 2.23. The predicted molar refractivity (Wildman–Crippen MR) is 52.6 cm³/mol. The monoisotopic (exact) mass is 184 g/mol. The molecule has 2 rings (SSSR count). The maximum absolute atomic E-state index is 9.12. The molecule has 0 aromatic carbocycles. The molecule has 1 saturated heterocycles. The third-order valence-corrected chi connectivity index (χ3v) is 3.25. The molecule has 0 aromatic heterocycles. The van der Waals surface area contributed by atoms with E-state index >= 15 is 0 Å². The Hall–Kier alpha value is -0.120. The van der Waals surface area contributed by atoms with Gasteiger partial charge in [0.25, 0.3) is 0 Å². The summed E-state index contributed by atoms with van der Waals surface area (Å²) in [4.78, 5) is 0. The van der Waals surface area contributed by atoms with E-state index in [1.165, 1.54) is 12.8 Å². The van der Waals surface area contributed by atoms with Crippen LogP contribution >= 0.6 is 0 Å². The van der Waals surface area contributed by atoms with Gasteiger partial charge in [0.1, 0.15) is 0 Å². The predicted octanol–water partition coefficient (Wildman–Crippen LogP) is 0.0989. The molecule has 2 fully saturated rings. The summed E-state index contributed by atoms with van der Waals surface area (Å²) in [5.74, 6) is 0.741. The zero-order chi connectivity index (χ0) is 9.10. The Morgan fingerprint density at radius 2 is 1.92 bits per heavy atom. The molecule has 76 valence electrons. The molecule has 0 radical (unpaired) electrons. The molecule has 2 aliphatic rings. The Morgan fingerprint density at radius 1 is 1.23 bits per heavy atom. The van der Waals surface area contributed by atoms with E-state index in [9.17, 15) is 0 Å². The first-order valence-electron chi connectivity index (χ1n) is 5.47. The maximum Gasteiger partial charge on any atom is 0.0546 e. The fourth-order valence-corrected chi connectivity index (χ4v) is 2.23. The van der Waals surface area contributed by atoms with E-state index in [-0.39, 0.29) is 6.10 Å². The molecule has 0 spiro atoms. The highest BCUT2D eigenvalue weighted by molar-refractivity contribution is 4.82. The highest BCUT2D eigenvalue weighted by atomic mass is 16.3. The number of piperidine rings is 1. The van der Waals surface area contributed by atoms with Crippen LogP contribution in [0, 0.1) is 5.92 Å². The van der Waals surface area contributed by atoms with Crippen molar-refractivity contribution in [1.82, 2.24) is 10.6 Å². The summed E-state index contributed by atoms with van der Waals surface area (Å²) >= 11 is 0.